The predicted molar refractivity (Wildman–Crippen MR) is 613 cm³/mol. The minimum Gasteiger partial charge on any atom is -0.456 e. The molecule has 0 atom stereocenters. The SMILES string of the molecule is [2H]c1c([2H])c([2H])c(-c2nc(-c3ccc(N4c5ccccc5-c5cccc6cccc4c56)cc3)nc(-c3ccc4c(c3)sc3ccccc34)n2)c([2H])c1[2H].[2H]c1c([2H])c([2H])c(-c2nc(-c3ccc4sc5ccccc5c4c3)nc(-c3cccc4c(N5c6ccccc6-c6cccc7cccc5c67)cccc34)n2)c([2H])c1[2H].[2H]c1c([2H])c([2H])c(-c2nc(-c3cccc(N4c5ccccc5-c5cccc6cccc4c56)c3)nc(-c3cccc4oc5ccccc5c34)n2)c([2H])c1[2H]. The number of benzene rings is 22. The fourth-order valence-electron chi connectivity index (χ4n) is 21.3. The summed E-state index contributed by atoms with van der Waals surface area (Å²) in [6.07, 6.45) is 0. The Morgan fingerprint density at radius 1 is 0.182 bits per heavy atom. The third kappa shape index (κ3) is 14.5. The van der Waals surface area contributed by atoms with Crippen LogP contribution in [-0.2, 0) is 0 Å². The van der Waals surface area contributed by atoms with Crippen LogP contribution in [0.3, 0.4) is 0 Å². The van der Waals surface area contributed by atoms with Crippen molar-refractivity contribution in [3.05, 3.63) is 485 Å². The number of nitrogens with zero attached hydrogens (tertiary/aromatic N) is 12. The number of aromatic nitrogens is 9. The molecule has 0 saturated carbocycles. The van der Waals surface area contributed by atoms with Crippen LogP contribution < -0.4 is 14.7 Å². The van der Waals surface area contributed by atoms with Crippen molar-refractivity contribution in [1.29, 1.82) is 0 Å². The molecule has 0 amide bonds. The average molecular weight is 1940 g/mol. The number of rotatable bonds is 12. The van der Waals surface area contributed by atoms with Gasteiger partial charge in [-0.3, -0.25) is 0 Å². The van der Waals surface area contributed by atoms with Crippen LogP contribution in [0.2, 0.25) is 0 Å². The van der Waals surface area contributed by atoms with E-state index < -0.39 is 66.5 Å². The molecule has 31 rings (SSSR count). The molecule has 0 N–H and O–H groups in total. The number of anilines is 9. The molecule has 0 fully saturated rings. The molecule has 0 spiro atoms. The van der Waals surface area contributed by atoms with E-state index in [-0.39, 0.29) is 70.0 Å². The Labute approximate surface area is 879 Å². The van der Waals surface area contributed by atoms with Crippen molar-refractivity contribution in [2.75, 3.05) is 14.7 Å². The highest BCUT2D eigenvalue weighted by atomic mass is 32.1. The van der Waals surface area contributed by atoms with Crippen LogP contribution in [0.4, 0.5) is 51.2 Å². The van der Waals surface area contributed by atoms with Crippen molar-refractivity contribution in [2.24, 2.45) is 0 Å². The molecule has 0 unspecified atom stereocenters. The summed E-state index contributed by atoms with van der Waals surface area (Å²) in [6, 6.07) is 127. The Kier molecular flexibility index (Phi) is 17.0. The molecule has 3 aliphatic heterocycles. The van der Waals surface area contributed by atoms with E-state index in [1.165, 1.54) is 47.6 Å². The Balaban J connectivity index is 0.000000112. The van der Waals surface area contributed by atoms with Crippen LogP contribution in [0.25, 0.3) is 241 Å². The third-order valence-electron chi connectivity index (χ3n) is 27.8. The fraction of sp³-hybridized carbons (Fsp3) is 0. The van der Waals surface area contributed by atoms with Gasteiger partial charge in [-0.2, -0.15) is 0 Å². The minimum absolute atomic E-state index is 0.00340. The van der Waals surface area contributed by atoms with Gasteiger partial charge >= 0.3 is 0 Å². The molecular weight excluding hydrogens is 1850 g/mol. The quantitative estimate of drug-likeness (QED) is 0.115. The molecule has 148 heavy (non-hydrogen) atoms. The van der Waals surface area contributed by atoms with E-state index in [4.69, 9.17) is 69.8 Å². The van der Waals surface area contributed by atoms with Gasteiger partial charge in [-0.05, 0) is 166 Å². The van der Waals surface area contributed by atoms with Crippen molar-refractivity contribution in [3.8, 4) is 136 Å². The Bertz CT molecular complexity index is 11200. The molecule has 690 valence electrons. The zero-order valence-electron chi connectivity index (χ0n) is 93.1. The molecular formula is C133H80N12OS2. The summed E-state index contributed by atoms with van der Waals surface area (Å²) in [5.41, 5.74) is 21.5. The van der Waals surface area contributed by atoms with E-state index in [1.54, 1.807) is 22.7 Å². The molecule has 0 saturated heterocycles. The monoisotopic (exact) mass is 1940 g/mol. The highest BCUT2D eigenvalue weighted by Crippen LogP contribution is 2.57. The Hall–Kier alpha value is -19.5. The summed E-state index contributed by atoms with van der Waals surface area (Å²) in [4.78, 5) is 50.9. The Morgan fingerprint density at radius 2 is 0.527 bits per heavy atom. The van der Waals surface area contributed by atoms with Gasteiger partial charge in [0.25, 0.3) is 0 Å². The number of thiophene rings is 2. The second-order valence-corrected chi connectivity index (χ2v) is 38.4. The number of para-hydroxylation sites is 4. The van der Waals surface area contributed by atoms with Crippen LogP contribution in [-0.4, -0.2) is 44.9 Å². The first-order valence-electron chi connectivity index (χ1n) is 55.8. The van der Waals surface area contributed by atoms with E-state index in [9.17, 15) is 0 Å². The standard InChI is InChI=1S/C47H28N4S.C43H26N4O.C43H26N4S/c1-2-12-30(13-3-1)45-48-46(31-26-27-43-38(28-31)35-17-5-7-25-42(35)52-43)50-47(49-45)37-21-10-19-33-32(37)18-11-23-40(33)51-39-22-6-4-16-34(39)36-20-8-14-29-15-9-24-41(51)44(29)36;1-2-12-28(13-3-1)41-44-42(46-43(45-41)34-21-11-25-38-40(34)33-19-5-7-24-37(33)48-38)29-16-8-17-30(26-29)47-35-22-6-4-18-31(35)32-20-9-14-27-15-10-23-36(47)39(27)32;1-2-10-28(11-3-1)41-44-42(46-43(45-41)30-22-25-34-33-15-5-7-19-38(33)48-39(34)26-30)29-20-23-31(24-21-29)47-36-17-6-4-14-32(36)35-16-8-12-27-13-9-18-37(47)40(27)35/h1-28H;2*1-26H/i2*1D,2D,3D,12D,13D;1D,2D,3D,10D,11D. The van der Waals surface area contributed by atoms with Gasteiger partial charge in [0.15, 0.2) is 52.4 Å². The summed E-state index contributed by atoms with van der Waals surface area (Å²) in [7, 11) is 0. The fourth-order valence-corrected chi connectivity index (χ4v) is 23.5. The molecule has 3 aliphatic rings. The van der Waals surface area contributed by atoms with E-state index in [0.717, 1.165) is 148 Å². The lowest BCUT2D eigenvalue weighted by Crippen LogP contribution is -2.15. The first-order chi connectivity index (χ1) is 79.6. The molecule has 22 aromatic carbocycles. The second-order valence-electron chi connectivity index (χ2n) is 36.2. The van der Waals surface area contributed by atoms with Crippen LogP contribution in [0.15, 0.2) is 489 Å². The van der Waals surface area contributed by atoms with Crippen LogP contribution >= 0.6 is 22.7 Å². The second kappa shape index (κ2) is 35.3. The maximum Gasteiger partial charge on any atom is 0.164 e. The maximum absolute atomic E-state index is 8.85. The van der Waals surface area contributed by atoms with E-state index in [2.05, 4.69) is 251 Å². The third-order valence-corrected chi connectivity index (χ3v) is 30.1. The van der Waals surface area contributed by atoms with Gasteiger partial charge in [0.05, 0.1) is 60.4 Å². The first-order valence-corrected chi connectivity index (χ1v) is 49.9. The molecule has 0 radical (unpaired) electrons. The van der Waals surface area contributed by atoms with Crippen molar-refractivity contribution < 1.29 is 25.0 Å². The molecule has 0 bridgehead atoms. The first kappa shape index (κ1) is 71.1. The number of fused-ring (bicyclic) bond motifs is 16. The van der Waals surface area contributed by atoms with E-state index in [0.29, 0.717) is 51.2 Å². The van der Waals surface area contributed by atoms with Gasteiger partial charge in [-0.15, -0.1) is 22.7 Å². The number of hydrogen-bond donors (Lipinski definition) is 0. The average Bonchev–Trinajstić information content (AvgIpc) is 1.50. The maximum atomic E-state index is 8.85. The van der Waals surface area contributed by atoms with Gasteiger partial charge < -0.3 is 19.1 Å². The highest BCUT2D eigenvalue weighted by molar-refractivity contribution is 7.26. The highest BCUT2D eigenvalue weighted by Gasteiger charge is 2.32. The van der Waals surface area contributed by atoms with Gasteiger partial charge in [-0.1, -0.05) is 358 Å². The van der Waals surface area contributed by atoms with Crippen molar-refractivity contribution in [2.45, 2.75) is 0 Å². The van der Waals surface area contributed by atoms with Crippen LogP contribution in [0, 0.1) is 0 Å². The van der Waals surface area contributed by atoms with Gasteiger partial charge in [0.1, 0.15) is 11.2 Å². The van der Waals surface area contributed by atoms with Crippen molar-refractivity contribution in [1.82, 2.24) is 44.9 Å². The molecule has 13 nitrogen and oxygen atoms in total. The normalized spacial score (nSPS) is 13.6. The molecule has 28 aromatic rings. The number of furan rings is 1. The largest absolute Gasteiger partial charge is 0.456 e. The van der Waals surface area contributed by atoms with Crippen molar-refractivity contribution >= 4 is 179 Å². The van der Waals surface area contributed by atoms with Crippen molar-refractivity contribution in [3.63, 3.8) is 0 Å². The summed E-state index contributed by atoms with van der Waals surface area (Å²) in [5, 5.41) is 15.0. The Morgan fingerprint density at radius 3 is 1.09 bits per heavy atom. The van der Waals surface area contributed by atoms with Gasteiger partial charge in [-0.25, -0.2) is 44.9 Å². The minimum atomic E-state index is -0.487. The molecule has 0 aliphatic carbocycles. The zero-order chi connectivity index (χ0) is 110. The van der Waals surface area contributed by atoms with Gasteiger partial charge in [0, 0.05) is 151 Å². The lowest BCUT2D eigenvalue weighted by atomic mass is 9.90. The summed E-state index contributed by atoms with van der Waals surface area (Å²) >= 11 is 3.39. The lowest BCUT2D eigenvalue weighted by molar-refractivity contribution is 0.669. The topological polar surface area (TPSA) is 139 Å². The molecule has 15 heteroatoms. The van der Waals surface area contributed by atoms with Gasteiger partial charge in [0.2, 0.25) is 0 Å². The van der Waals surface area contributed by atoms with E-state index >= 15 is 0 Å². The zero-order valence-corrected chi connectivity index (χ0v) is 79.8. The van der Waals surface area contributed by atoms with Crippen LogP contribution in [0.5, 0.6) is 0 Å². The molecule has 9 heterocycles. The molecule has 6 aromatic heterocycles. The summed E-state index contributed by atoms with van der Waals surface area (Å²) in [5.74, 6) is 1.87. The summed E-state index contributed by atoms with van der Waals surface area (Å²) < 4.78 is 138. The predicted octanol–water partition coefficient (Wildman–Crippen LogP) is 36.2. The number of hydrogen-bond acceptors (Lipinski definition) is 15. The van der Waals surface area contributed by atoms with E-state index in [1.807, 2.05) is 158 Å². The smallest absolute Gasteiger partial charge is 0.164 e. The van der Waals surface area contributed by atoms with Crippen LogP contribution in [0.1, 0.15) is 20.6 Å². The summed E-state index contributed by atoms with van der Waals surface area (Å²) in [6.45, 7) is 0. The lowest BCUT2D eigenvalue weighted by Gasteiger charge is -2.34.